The Labute approximate surface area is 124 Å². The lowest BCUT2D eigenvalue weighted by Gasteiger charge is -2.18. The van der Waals surface area contributed by atoms with E-state index < -0.39 is 15.8 Å². The summed E-state index contributed by atoms with van der Waals surface area (Å²) >= 11 is 0. The predicted molar refractivity (Wildman–Crippen MR) is 80.6 cm³/mol. The van der Waals surface area contributed by atoms with Crippen LogP contribution in [-0.4, -0.2) is 19.8 Å². The fraction of sp³-hybridized carbons (Fsp3) is 0.200. The lowest BCUT2D eigenvalue weighted by Crippen LogP contribution is -2.27. The fourth-order valence-corrected chi connectivity index (χ4v) is 3.38. The molecule has 0 unspecified atom stereocenters. The van der Waals surface area contributed by atoms with Crippen LogP contribution in [0.4, 0.5) is 10.1 Å². The van der Waals surface area contributed by atoms with E-state index in [9.17, 15) is 12.8 Å². The second-order valence-corrected chi connectivity index (χ2v) is 6.93. The molecule has 2 N–H and O–H groups in total. The number of halogens is 1. The number of nitrogen functional groups attached to an aromatic ring is 1. The van der Waals surface area contributed by atoms with Crippen LogP contribution in [0.25, 0.3) is 0 Å². The van der Waals surface area contributed by atoms with Crippen molar-refractivity contribution in [1.82, 2.24) is 4.31 Å². The molecule has 0 aliphatic rings. The van der Waals surface area contributed by atoms with Gasteiger partial charge in [-0.15, -0.1) is 0 Å². The molecule has 0 spiro atoms. The zero-order valence-electron chi connectivity index (χ0n) is 11.9. The molecule has 6 heteroatoms. The number of hydrogen-bond acceptors (Lipinski definition) is 3. The molecule has 0 saturated heterocycles. The van der Waals surface area contributed by atoms with Crippen molar-refractivity contribution < 1.29 is 12.8 Å². The molecule has 4 nitrogen and oxygen atoms in total. The maximum absolute atomic E-state index is 13.3. The Bertz CT molecular complexity index is 743. The van der Waals surface area contributed by atoms with Crippen molar-refractivity contribution >= 4 is 15.7 Å². The zero-order valence-corrected chi connectivity index (χ0v) is 12.7. The Balaban J connectivity index is 2.30. The van der Waals surface area contributed by atoms with Gasteiger partial charge in [0.05, 0.1) is 4.90 Å². The quantitative estimate of drug-likeness (QED) is 0.883. The SMILES string of the molecule is Cc1ccc(F)cc1S(=O)(=O)N(C)Cc1ccc(N)cc1. The molecule has 0 aromatic heterocycles. The number of anilines is 1. The predicted octanol–water partition coefficient (Wildman–Crippen LogP) is 2.54. The van der Waals surface area contributed by atoms with Gasteiger partial charge in [0.25, 0.3) is 0 Å². The van der Waals surface area contributed by atoms with Gasteiger partial charge in [-0.25, -0.2) is 12.8 Å². The monoisotopic (exact) mass is 308 g/mol. The minimum absolute atomic E-state index is 0.0135. The van der Waals surface area contributed by atoms with Crippen LogP contribution in [0.2, 0.25) is 0 Å². The Morgan fingerprint density at radius 3 is 2.38 bits per heavy atom. The highest BCUT2D eigenvalue weighted by molar-refractivity contribution is 7.89. The first-order valence-electron chi connectivity index (χ1n) is 6.37. The van der Waals surface area contributed by atoms with E-state index in [0.717, 1.165) is 11.6 Å². The van der Waals surface area contributed by atoms with Crippen molar-refractivity contribution in [2.75, 3.05) is 12.8 Å². The Morgan fingerprint density at radius 2 is 1.76 bits per heavy atom. The van der Waals surface area contributed by atoms with Gasteiger partial charge in [-0.3, -0.25) is 0 Å². The molecule has 0 aliphatic heterocycles. The van der Waals surface area contributed by atoms with Crippen molar-refractivity contribution in [3.63, 3.8) is 0 Å². The van der Waals surface area contributed by atoms with Crippen LogP contribution >= 0.6 is 0 Å². The third-order valence-corrected chi connectivity index (χ3v) is 5.17. The Kier molecular flexibility index (Phi) is 4.29. The standard InChI is InChI=1S/C15H17FN2O2S/c1-11-3-6-13(16)9-15(11)21(19,20)18(2)10-12-4-7-14(17)8-5-12/h3-9H,10,17H2,1-2H3. The second-order valence-electron chi connectivity index (χ2n) is 4.91. The van der Waals surface area contributed by atoms with Crippen molar-refractivity contribution in [1.29, 1.82) is 0 Å². The molecule has 0 fully saturated rings. The van der Waals surface area contributed by atoms with Crippen molar-refractivity contribution in [3.05, 3.63) is 59.4 Å². The molecule has 2 rings (SSSR count). The lowest BCUT2D eigenvalue weighted by atomic mass is 10.2. The highest BCUT2D eigenvalue weighted by Gasteiger charge is 2.23. The van der Waals surface area contributed by atoms with E-state index in [0.29, 0.717) is 11.3 Å². The van der Waals surface area contributed by atoms with Crippen molar-refractivity contribution in [2.24, 2.45) is 0 Å². The average molecular weight is 308 g/mol. The van der Waals surface area contributed by atoms with Gasteiger partial charge in [0.15, 0.2) is 0 Å². The first-order chi connectivity index (χ1) is 9.80. The summed E-state index contributed by atoms with van der Waals surface area (Å²) < 4.78 is 39.5. The largest absolute Gasteiger partial charge is 0.399 e. The van der Waals surface area contributed by atoms with Crippen LogP contribution < -0.4 is 5.73 Å². The van der Waals surface area contributed by atoms with Crippen LogP contribution in [0, 0.1) is 12.7 Å². The highest BCUT2D eigenvalue weighted by Crippen LogP contribution is 2.21. The molecular weight excluding hydrogens is 291 g/mol. The van der Waals surface area contributed by atoms with Crippen LogP contribution in [0.5, 0.6) is 0 Å². The number of hydrogen-bond donors (Lipinski definition) is 1. The topological polar surface area (TPSA) is 63.4 Å². The number of sulfonamides is 1. The molecule has 112 valence electrons. The number of nitrogens with two attached hydrogens (primary N) is 1. The Morgan fingerprint density at radius 1 is 1.14 bits per heavy atom. The van der Waals surface area contributed by atoms with Gasteiger partial charge in [0, 0.05) is 19.3 Å². The zero-order chi connectivity index (χ0) is 15.6. The van der Waals surface area contributed by atoms with E-state index in [1.54, 1.807) is 31.2 Å². The molecule has 0 saturated carbocycles. The molecule has 0 aliphatic carbocycles. The summed E-state index contributed by atoms with van der Waals surface area (Å²) in [6.45, 7) is 1.84. The average Bonchev–Trinajstić information content (AvgIpc) is 2.43. The summed E-state index contributed by atoms with van der Waals surface area (Å²) in [6.07, 6.45) is 0. The molecular formula is C15H17FN2O2S. The van der Waals surface area contributed by atoms with Crippen LogP contribution in [-0.2, 0) is 16.6 Å². The van der Waals surface area contributed by atoms with Gasteiger partial charge in [-0.2, -0.15) is 4.31 Å². The third kappa shape index (κ3) is 3.40. The number of rotatable bonds is 4. The highest BCUT2D eigenvalue weighted by atomic mass is 32.2. The molecule has 0 atom stereocenters. The van der Waals surface area contributed by atoms with Gasteiger partial charge in [-0.05, 0) is 42.3 Å². The van der Waals surface area contributed by atoms with E-state index in [2.05, 4.69) is 0 Å². The first-order valence-corrected chi connectivity index (χ1v) is 7.81. The Hall–Kier alpha value is -1.92. The first kappa shape index (κ1) is 15.5. The summed E-state index contributed by atoms with van der Waals surface area (Å²) in [5.74, 6) is -0.569. The molecule has 0 radical (unpaired) electrons. The maximum atomic E-state index is 13.3. The van der Waals surface area contributed by atoms with Crippen LogP contribution in [0.1, 0.15) is 11.1 Å². The van der Waals surface area contributed by atoms with Gasteiger partial charge in [-0.1, -0.05) is 18.2 Å². The van der Waals surface area contributed by atoms with E-state index in [-0.39, 0.29) is 11.4 Å². The summed E-state index contributed by atoms with van der Waals surface area (Å²) in [6, 6.07) is 10.7. The molecule has 2 aromatic rings. The summed E-state index contributed by atoms with van der Waals surface area (Å²) in [7, 11) is -2.27. The summed E-state index contributed by atoms with van der Waals surface area (Å²) in [5, 5.41) is 0. The van der Waals surface area contributed by atoms with E-state index >= 15 is 0 Å². The maximum Gasteiger partial charge on any atom is 0.243 e. The van der Waals surface area contributed by atoms with E-state index in [4.69, 9.17) is 5.73 Å². The van der Waals surface area contributed by atoms with E-state index in [1.807, 2.05) is 0 Å². The summed E-state index contributed by atoms with van der Waals surface area (Å²) in [4.78, 5) is -0.0135. The molecule has 2 aromatic carbocycles. The van der Waals surface area contributed by atoms with E-state index in [1.165, 1.54) is 23.5 Å². The van der Waals surface area contributed by atoms with Crippen molar-refractivity contribution in [3.8, 4) is 0 Å². The molecule has 0 heterocycles. The fourth-order valence-electron chi connectivity index (χ4n) is 1.98. The molecule has 0 amide bonds. The third-order valence-electron chi connectivity index (χ3n) is 3.22. The van der Waals surface area contributed by atoms with Crippen LogP contribution in [0.3, 0.4) is 0 Å². The minimum Gasteiger partial charge on any atom is -0.399 e. The normalized spacial score (nSPS) is 11.8. The van der Waals surface area contributed by atoms with Gasteiger partial charge in [0.2, 0.25) is 10.0 Å². The lowest BCUT2D eigenvalue weighted by molar-refractivity contribution is 0.465. The van der Waals surface area contributed by atoms with Crippen molar-refractivity contribution in [2.45, 2.75) is 18.4 Å². The van der Waals surface area contributed by atoms with Crippen LogP contribution in [0.15, 0.2) is 47.4 Å². The smallest absolute Gasteiger partial charge is 0.243 e. The molecule has 0 bridgehead atoms. The number of benzene rings is 2. The van der Waals surface area contributed by atoms with Gasteiger partial charge >= 0.3 is 0 Å². The van der Waals surface area contributed by atoms with Gasteiger partial charge in [0.1, 0.15) is 5.82 Å². The molecule has 21 heavy (non-hydrogen) atoms. The minimum atomic E-state index is -3.74. The summed E-state index contributed by atoms with van der Waals surface area (Å²) in [5.41, 5.74) is 7.54. The second kappa shape index (κ2) is 5.83. The number of nitrogens with zero attached hydrogens (tertiary/aromatic N) is 1. The number of aryl methyl sites for hydroxylation is 1. The van der Waals surface area contributed by atoms with Gasteiger partial charge < -0.3 is 5.73 Å².